The Balaban J connectivity index is -0.0000000480. The Morgan fingerprint density at radius 1 is 1.17 bits per heavy atom. The van der Waals surface area contributed by atoms with Crippen LogP contribution < -0.4 is 34.0 Å². The second-order valence-corrected chi connectivity index (χ2v) is 1.94. The number of hydrogen-bond acceptors (Lipinski definition) is 2. The standard InChI is InChI=1S/C5H5.2CO.2BrH.Fe/c1-2-4-5-3-1;2*1-2;;;/h1-3H,4H2;;;2*1H;/q;;;;;+2/p-2. The molecule has 0 spiro atoms. The molecule has 5 heteroatoms. The van der Waals surface area contributed by atoms with E-state index in [4.69, 9.17) is 9.59 Å². The summed E-state index contributed by atoms with van der Waals surface area (Å²) < 4.78 is 1.22. The maximum atomic E-state index is 7.50. The average molecular weight is 337 g/mol. The van der Waals surface area contributed by atoms with E-state index in [1.54, 1.807) is 0 Å². The molecule has 0 saturated carbocycles. The van der Waals surface area contributed by atoms with Crippen LogP contribution in [0.3, 0.4) is 0 Å². The van der Waals surface area contributed by atoms with Gasteiger partial charge in [-0.05, 0) is 0 Å². The normalized spacial score (nSPS) is 9.83. The van der Waals surface area contributed by atoms with Crippen molar-refractivity contribution < 1.29 is 59.6 Å². The molecular formula is C7H5Br2FeO2. The zero-order valence-electron chi connectivity index (χ0n) is 5.87. The van der Waals surface area contributed by atoms with E-state index in [0.717, 1.165) is 6.42 Å². The molecular weight excluding hydrogens is 332 g/mol. The first kappa shape index (κ1) is 22.8. The number of rotatable bonds is 0. The summed E-state index contributed by atoms with van der Waals surface area (Å²) in [5.74, 6) is 0. The molecule has 0 heterocycles. The zero-order valence-corrected chi connectivity index (χ0v) is 10.1. The molecule has 67 valence electrons. The molecule has 0 aromatic rings. The van der Waals surface area contributed by atoms with E-state index in [2.05, 4.69) is 35.7 Å². The van der Waals surface area contributed by atoms with Crippen LogP contribution >= 0.6 is 0 Å². The summed E-state index contributed by atoms with van der Waals surface area (Å²) in [6, 6.07) is 0. The number of halogens is 2. The molecule has 0 unspecified atom stereocenters. The first-order valence-electron chi connectivity index (χ1n) is 2.30. The van der Waals surface area contributed by atoms with Gasteiger partial charge in [0.1, 0.15) is 0 Å². The molecule has 0 bridgehead atoms. The van der Waals surface area contributed by atoms with Crippen molar-refractivity contribution in [2.24, 2.45) is 0 Å². The summed E-state index contributed by atoms with van der Waals surface area (Å²) in [5, 5.41) is 0. The van der Waals surface area contributed by atoms with Crippen molar-refractivity contribution in [3.05, 3.63) is 22.7 Å². The van der Waals surface area contributed by atoms with Gasteiger partial charge in [-0.15, -0.1) is 0 Å². The molecule has 0 aromatic carbocycles. The van der Waals surface area contributed by atoms with Gasteiger partial charge in [-0.25, -0.2) is 0 Å². The van der Waals surface area contributed by atoms with Crippen LogP contribution in [-0.4, -0.2) is 13.6 Å². The molecule has 0 aromatic heterocycles. The van der Waals surface area contributed by atoms with Gasteiger partial charge in [0.25, 0.3) is 13.6 Å². The van der Waals surface area contributed by atoms with Crippen LogP contribution in [-0.2, 0) is 25.6 Å². The first-order valence-corrected chi connectivity index (χ1v) is 2.85. The predicted molar refractivity (Wildman–Crippen MR) is 33.2 cm³/mol. The molecule has 0 saturated heterocycles. The van der Waals surface area contributed by atoms with Gasteiger partial charge in [-0.2, -0.15) is 0 Å². The topological polar surface area (TPSA) is 34.1 Å². The van der Waals surface area contributed by atoms with Crippen molar-refractivity contribution >= 4 is 13.6 Å². The Morgan fingerprint density at radius 3 is 1.67 bits per heavy atom. The van der Waals surface area contributed by atoms with Gasteiger partial charge in [0, 0.05) is 0 Å². The van der Waals surface area contributed by atoms with Gasteiger partial charge in [-0.3, -0.25) is 9.59 Å². The fourth-order valence-corrected chi connectivity index (χ4v) is 0.652. The molecule has 1 rings (SSSR count). The maximum absolute atomic E-state index is 7.50. The average Bonchev–Trinajstić information content (AvgIpc) is 2.48. The molecule has 1 aliphatic rings. The van der Waals surface area contributed by atoms with Gasteiger partial charge in [0.2, 0.25) is 0 Å². The van der Waals surface area contributed by atoms with E-state index in [9.17, 15) is 0 Å². The molecule has 4 radical (unpaired) electrons. The second-order valence-electron chi connectivity index (χ2n) is 1.23. The van der Waals surface area contributed by atoms with Crippen LogP contribution in [0, 0.1) is 0 Å². The summed E-state index contributed by atoms with van der Waals surface area (Å²) in [6.45, 7) is 9.00. The molecule has 0 aliphatic heterocycles. The Hall–Kier alpha value is 0.299. The molecule has 0 N–H and O–H groups in total. The summed E-state index contributed by atoms with van der Waals surface area (Å²) in [6.07, 6.45) is 7.21. The molecule has 0 amide bonds. The van der Waals surface area contributed by atoms with Crippen molar-refractivity contribution in [2.45, 2.75) is 6.42 Å². The fraction of sp³-hybridized carbons (Fsp3) is 0.143. The molecule has 1 aliphatic carbocycles. The van der Waals surface area contributed by atoms with Crippen LogP contribution in [0.2, 0.25) is 0 Å². The van der Waals surface area contributed by atoms with Gasteiger partial charge in [0.15, 0.2) is 0 Å². The van der Waals surface area contributed by atoms with Crippen LogP contribution in [0.1, 0.15) is 6.42 Å². The van der Waals surface area contributed by atoms with E-state index in [1.807, 2.05) is 12.2 Å². The van der Waals surface area contributed by atoms with Gasteiger partial charge in [-0.1, -0.05) is 0 Å². The van der Waals surface area contributed by atoms with Crippen molar-refractivity contribution in [3.8, 4) is 0 Å². The Morgan fingerprint density at radius 2 is 1.58 bits per heavy atom. The summed E-state index contributed by atoms with van der Waals surface area (Å²) in [5.41, 5.74) is 0. The summed E-state index contributed by atoms with van der Waals surface area (Å²) in [4.78, 5) is 15.0. The van der Waals surface area contributed by atoms with E-state index in [0.29, 0.717) is 0 Å². The molecule has 0 atom stereocenters. The van der Waals surface area contributed by atoms with Gasteiger partial charge < -0.3 is 34.0 Å². The Bertz CT molecular complexity index is 135. The van der Waals surface area contributed by atoms with Crippen LogP contribution in [0.25, 0.3) is 0 Å². The Kier molecular flexibility index (Phi) is 42.7. The van der Waals surface area contributed by atoms with Crippen molar-refractivity contribution in [1.82, 2.24) is 0 Å². The van der Waals surface area contributed by atoms with E-state index >= 15 is 0 Å². The van der Waals surface area contributed by atoms with Crippen LogP contribution in [0.4, 0.5) is 0 Å². The van der Waals surface area contributed by atoms with Gasteiger partial charge >= 0.3 is 45.1 Å². The molecule has 0 fully saturated rings. The van der Waals surface area contributed by atoms with Gasteiger partial charge in [0.05, 0.1) is 0 Å². The molecule has 2 nitrogen and oxygen atoms in total. The summed E-state index contributed by atoms with van der Waals surface area (Å²) in [7, 11) is 0. The minimum absolute atomic E-state index is 0. The summed E-state index contributed by atoms with van der Waals surface area (Å²) >= 11 is 3.74. The van der Waals surface area contributed by atoms with Crippen LogP contribution in [0.15, 0.2) is 22.7 Å². The van der Waals surface area contributed by atoms with E-state index in [1.165, 1.54) is 4.47 Å². The third-order valence-electron chi connectivity index (χ3n) is 0.717. The van der Waals surface area contributed by atoms with Crippen molar-refractivity contribution in [2.75, 3.05) is 0 Å². The second kappa shape index (κ2) is 22.5. The van der Waals surface area contributed by atoms with Crippen LogP contribution in [0.5, 0.6) is 0 Å². The molecule has 12 heavy (non-hydrogen) atoms. The first-order chi connectivity index (χ1) is 4.89. The monoisotopic (exact) mass is 335 g/mol. The third-order valence-corrected chi connectivity index (χ3v) is 1.13. The predicted octanol–water partition coefficient (Wildman–Crippen LogP) is -5.41. The zero-order chi connectivity index (χ0) is 8.41. The SMILES string of the molecule is [Br-].[Br-].[C]=O.[C]=O.[Fe+2][C]1=CC=CC1. The number of hydrogen-bond donors (Lipinski definition) is 0. The van der Waals surface area contributed by atoms with Crippen molar-refractivity contribution in [1.29, 1.82) is 0 Å². The third kappa shape index (κ3) is 16.7. The van der Waals surface area contributed by atoms with E-state index in [-0.39, 0.29) is 34.0 Å². The number of allylic oxidation sites excluding steroid dienone is 4. The quantitative estimate of drug-likeness (QED) is 0.414. The minimum atomic E-state index is 0. The Labute approximate surface area is 102 Å². The van der Waals surface area contributed by atoms with E-state index < -0.39 is 0 Å². The number of carbonyl (C=O) groups excluding carboxylic acids is 2. The fourth-order valence-electron chi connectivity index (χ4n) is 0.416. The van der Waals surface area contributed by atoms with Crippen molar-refractivity contribution in [3.63, 3.8) is 0 Å².